The molecule has 3 rings (SSSR count). The van der Waals surface area contributed by atoms with E-state index in [1.807, 2.05) is 37.3 Å². The summed E-state index contributed by atoms with van der Waals surface area (Å²) in [6, 6.07) is 15.2. The largest absolute Gasteiger partial charge is 0.490 e. The Kier molecular flexibility index (Phi) is 7.68. The van der Waals surface area contributed by atoms with Crippen LogP contribution in [-0.4, -0.2) is 57.3 Å². The second kappa shape index (κ2) is 10.4. The SMILES string of the molecule is CCNC(=NCCS(=O)(=O)c1ccccc1F)N1CCC(Oc2ccccc2)CC1. The summed E-state index contributed by atoms with van der Waals surface area (Å²) in [6.07, 6.45) is 1.85. The molecule has 0 saturated carbocycles. The van der Waals surface area contributed by atoms with E-state index in [0.29, 0.717) is 12.5 Å². The van der Waals surface area contributed by atoms with Crippen LogP contribution in [0, 0.1) is 5.82 Å². The highest BCUT2D eigenvalue weighted by Crippen LogP contribution is 2.19. The van der Waals surface area contributed by atoms with E-state index in [-0.39, 0.29) is 23.3 Å². The summed E-state index contributed by atoms with van der Waals surface area (Å²) in [5.74, 6) is 0.583. The Labute approximate surface area is 177 Å². The number of piperidine rings is 1. The van der Waals surface area contributed by atoms with Crippen molar-refractivity contribution in [2.75, 3.05) is 31.9 Å². The minimum atomic E-state index is -3.72. The Bertz CT molecular complexity index is 943. The number of ether oxygens (including phenoxy) is 1. The first kappa shape index (κ1) is 22.1. The third-order valence-electron chi connectivity index (χ3n) is 4.92. The molecule has 0 unspecified atom stereocenters. The molecule has 0 atom stereocenters. The number of benzene rings is 2. The van der Waals surface area contributed by atoms with Gasteiger partial charge in [0.15, 0.2) is 15.8 Å². The lowest BCUT2D eigenvalue weighted by atomic mass is 10.1. The molecule has 0 aliphatic carbocycles. The quantitative estimate of drug-likeness (QED) is 0.537. The van der Waals surface area contributed by atoms with Crippen LogP contribution in [0.2, 0.25) is 0 Å². The van der Waals surface area contributed by atoms with Gasteiger partial charge in [0, 0.05) is 32.5 Å². The predicted octanol–water partition coefficient (Wildman–Crippen LogP) is 3.11. The van der Waals surface area contributed by atoms with Crippen molar-refractivity contribution in [3.05, 3.63) is 60.4 Å². The summed E-state index contributed by atoms with van der Waals surface area (Å²) in [4.78, 5) is 6.32. The Balaban J connectivity index is 1.56. The molecule has 1 aliphatic rings. The molecular formula is C22H28FN3O3S. The number of aliphatic imine (C=N–C) groups is 1. The fraction of sp³-hybridized carbons (Fsp3) is 0.409. The van der Waals surface area contributed by atoms with Crippen molar-refractivity contribution in [3.8, 4) is 5.75 Å². The molecule has 0 bridgehead atoms. The van der Waals surface area contributed by atoms with Crippen LogP contribution in [0.1, 0.15) is 19.8 Å². The van der Waals surface area contributed by atoms with Crippen LogP contribution in [0.4, 0.5) is 4.39 Å². The van der Waals surface area contributed by atoms with Crippen LogP contribution in [0.15, 0.2) is 64.5 Å². The predicted molar refractivity (Wildman–Crippen MR) is 116 cm³/mol. The molecule has 0 aromatic heterocycles. The number of rotatable bonds is 7. The van der Waals surface area contributed by atoms with Gasteiger partial charge in [-0.3, -0.25) is 4.99 Å². The molecule has 1 saturated heterocycles. The van der Waals surface area contributed by atoms with Gasteiger partial charge in [-0.05, 0) is 31.2 Å². The maximum atomic E-state index is 13.8. The maximum absolute atomic E-state index is 13.8. The lowest BCUT2D eigenvalue weighted by Gasteiger charge is -2.34. The van der Waals surface area contributed by atoms with Crippen LogP contribution in [0.3, 0.4) is 0 Å². The molecule has 162 valence electrons. The lowest BCUT2D eigenvalue weighted by molar-refractivity contribution is 0.129. The summed E-state index contributed by atoms with van der Waals surface area (Å²) in [5.41, 5.74) is 0. The van der Waals surface area contributed by atoms with Crippen LogP contribution in [0.5, 0.6) is 5.75 Å². The molecule has 1 heterocycles. The number of hydrogen-bond donors (Lipinski definition) is 1. The normalized spacial score (nSPS) is 15.8. The summed E-state index contributed by atoms with van der Waals surface area (Å²) >= 11 is 0. The number of hydrogen-bond acceptors (Lipinski definition) is 4. The summed E-state index contributed by atoms with van der Waals surface area (Å²) < 4.78 is 44.7. The lowest BCUT2D eigenvalue weighted by Crippen LogP contribution is -2.47. The number of nitrogens with zero attached hydrogens (tertiary/aromatic N) is 2. The fourth-order valence-electron chi connectivity index (χ4n) is 3.38. The van der Waals surface area contributed by atoms with Crippen molar-refractivity contribution in [3.63, 3.8) is 0 Å². The van der Waals surface area contributed by atoms with Gasteiger partial charge < -0.3 is 15.0 Å². The molecule has 2 aromatic carbocycles. The van der Waals surface area contributed by atoms with E-state index in [0.717, 1.165) is 37.7 Å². The van der Waals surface area contributed by atoms with Gasteiger partial charge in [0.05, 0.1) is 12.3 Å². The van der Waals surface area contributed by atoms with Gasteiger partial charge in [0.1, 0.15) is 22.6 Å². The highest BCUT2D eigenvalue weighted by Gasteiger charge is 2.23. The summed E-state index contributed by atoms with van der Waals surface area (Å²) in [7, 11) is -3.72. The van der Waals surface area contributed by atoms with Crippen LogP contribution in [0.25, 0.3) is 0 Å². The third-order valence-corrected chi connectivity index (χ3v) is 6.64. The van der Waals surface area contributed by atoms with Crippen molar-refractivity contribution in [2.24, 2.45) is 4.99 Å². The van der Waals surface area contributed by atoms with Crippen molar-refractivity contribution in [2.45, 2.75) is 30.8 Å². The molecule has 0 radical (unpaired) electrons. The molecule has 30 heavy (non-hydrogen) atoms. The minimum absolute atomic E-state index is 0.0689. The van der Waals surface area contributed by atoms with Crippen molar-refractivity contribution in [1.29, 1.82) is 0 Å². The van der Waals surface area contributed by atoms with E-state index in [4.69, 9.17) is 4.74 Å². The average molecular weight is 434 g/mol. The highest BCUT2D eigenvalue weighted by molar-refractivity contribution is 7.91. The molecule has 1 fully saturated rings. The zero-order valence-corrected chi connectivity index (χ0v) is 17.9. The smallest absolute Gasteiger partial charge is 0.193 e. The van der Waals surface area contributed by atoms with Crippen molar-refractivity contribution < 1.29 is 17.5 Å². The number of guanidine groups is 1. The number of para-hydroxylation sites is 1. The molecule has 1 N–H and O–H groups in total. The Morgan fingerprint density at radius 2 is 1.80 bits per heavy atom. The summed E-state index contributed by atoms with van der Waals surface area (Å²) in [5, 5.41) is 3.22. The van der Waals surface area contributed by atoms with Gasteiger partial charge in [-0.2, -0.15) is 0 Å². The monoisotopic (exact) mass is 433 g/mol. The van der Waals surface area contributed by atoms with Gasteiger partial charge in [-0.15, -0.1) is 0 Å². The van der Waals surface area contributed by atoms with Crippen LogP contribution in [-0.2, 0) is 9.84 Å². The Morgan fingerprint density at radius 1 is 1.13 bits per heavy atom. The topological polar surface area (TPSA) is 71.0 Å². The van der Waals surface area contributed by atoms with Crippen molar-refractivity contribution >= 4 is 15.8 Å². The van der Waals surface area contributed by atoms with Crippen LogP contribution >= 0.6 is 0 Å². The molecule has 0 spiro atoms. The third kappa shape index (κ3) is 5.95. The fourth-order valence-corrected chi connectivity index (χ4v) is 4.58. The average Bonchev–Trinajstić information content (AvgIpc) is 2.75. The molecular weight excluding hydrogens is 405 g/mol. The van der Waals surface area contributed by atoms with Crippen molar-refractivity contribution in [1.82, 2.24) is 10.2 Å². The van der Waals surface area contributed by atoms with E-state index >= 15 is 0 Å². The standard InChI is InChI=1S/C22H28FN3O3S/c1-2-24-22(25-14-17-30(27,28)21-11-7-6-10-20(21)23)26-15-12-19(13-16-26)29-18-8-4-3-5-9-18/h3-11,19H,2,12-17H2,1H3,(H,24,25). The van der Waals surface area contributed by atoms with Gasteiger partial charge in [-0.25, -0.2) is 12.8 Å². The second-order valence-electron chi connectivity index (χ2n) is 7.10. The number of sulfone groups is 1. The van der Waals surface area contributed by atoms with E-state index < -0.39 is 15.7 Å². The van der Waals surface area contributed by atoms with Gasteiger partial charge in [0.25, 0.3) is 0 Å². The first-order chi connectivity index (χ1) is 14.5. The van der Waals surface area contributed by atoms with Gasteiger partial charge in [-0.1, -0.05) is 30.3 Å². The zero-order valence-electron chi connectivity index (χ0n) is 17.1. The van der Waals surface area contributed by atoms with Gasteiger partial charge in [0.2, 0.25) is 0 Å². The molecule has 6 nitrogen and oxygen atoms in total. The van der Waals surface area contributed by atoms with E-state index in [2.05, 4.69) is 15.2 Å². The van der Waals surface area contributed by atoms with E-state index in [1.165, 1.54) is 18.2 Å². The first-order valence-electron chi connectivity index (χ1n) is 10.2. The Morgan fingerprint density at radius 3 is 2.47 bits per heavy atom. The van der Waals surface area contributed by atoms with E-state index in [9.17, 15) is 12.8 Å². The second-order valence-corrected chi connectivity index (χ2v) is 9.18. The first-order valence-corrected chi connectivity index (χ1v) is 11.9. The minimum Gasteiger partial charge on any atom is -0.490 e. The maximum Gasteiger partial charge on any atom is 0.193 e. The Hall–Kier alpha value is -2.61. The molecule has 0 amide bonds. The zero-order chi connectivity index (χ0) is 21.4. The van der Waals surface area contributed by atoms with Gasteiger partial charge >= 0.3 is 0 Å². The molecule has 8 heteroatoms. The number of nitrogens with one attached hydrogen (secondary N) is 1. The molecule has 1 aliphatic heterocycles. The summed E-state index contributed by atoms with van der Waals surface area (Å²) in [6.45, 7) is 4.25. The van der Waals surface area contributed by atoms with Crippen LogP contribution < -0.4 is 10.1 Å². The molecule has 2 aromatic rings. The van der Waals surface area contributed by atoms with E-state index in [1.54, 1.807) is 0 Å². The highest BCUT2D eigenvalue weighted by atomic mass is 32.2. The number of likely N-dealkylation sites (tertiary alicyclic amines) is 1. The number of halogens is 1.